The van der Waals surface area contributed by atoms with E-state index >= 15 is 0 Å². The van der Waals surface area contributed by atoms with E-state index in [0.717, 1.165) is 25.5 Å². The van der Waals surface area contributed by atoms with Gasteiger partial charge in [-0.1, -0.05) is 24.1 Å². The molecule has 0 atom stereocenters. The SMILES string of the molecule is CN=C(NCCCN1CCCCCC1)NCCc1noc(-c2ccccn2)n1.I. The van der Waals surface area contributed by atoms with E-state index in [1.54, 1.807) is 13.2 Å². The molecule has 1 saturated heterocycles. The standard InChI is InChI=1S/C20H31N7O.HI/c1-21-20(23-12-8-16-27-14-6-2-3-7-15-27)24-13-10-18-25-19(28-26-18)17-9-4-5-11-22-17;/h4-5,9,11H,2-3,6-8,10,12-16H2,1H3,(H2,21,23,24);1H. The maximum Gasteiger partial charge on any atom is 0.276 e. The van der Waals surface area contributed by atoms with Gasteiger partial charge in [0.2, 0.25) is 0 Å². The van der Waals surface area contributed by atoms with Gasteiger partial charge >= 0.3 is 0 Å². The van der Waals surface area contributed by atoms with Crippen molar-refractivity contribution in [3.05, 3.63) is 30.2 Å². The van der Waals surface area contributed by atoms with Gasteiger partial charge in [0.05, 0.1) is 0 Å². The van der Waals surface area contributed by atoms with Gasteiger partial charge in [0.15, 0.2) is 11.8 Å². The first-order chi connectivity index (χ1) is 13.8. The second kappa shape index (κ2) is 13.5. The minimum Gasteiger partial charge on any atom is -0.356 e. The number of likely N-dealkylation sites (tertiary alicyclic amines) is 1. The van der Waals surface area contributed by atoms with Crippen LogP contribution in [0.1, 0.15) is 37.9 Å². The van der Waals surface area contributed by atoms with Gasteiger partial charge in [-0.15, -0.1) is 24.0 Å². The van der Waals surface area contributed by atoms with Gasteiger partial charge in [-0.2, -0.15) is 4.98 Å². The summed E-state index contributed by atoms with van der Waals surface area (Å²) in [6.45, 7) is 5.26. The molecule has 29 heavy (non-hydrogen) atoms. The van der Waals surface area contributed by atoms with Gasteiger partial charge < -0.3 is 20.1 Å². The van der Waals surface area contributed by atoms with Crippen molar-refractivity contribution in [1.29, 1.82) is 0 Å². The van der Waals surface area contributed by atoms with Gasteiger partial charge in [-0.25, -0.2) is 0 Å². The molecule has 0 radical (unpaired) electrons. The molecule has 0 aromatic carbocycles. The third kappa shape index (κ3) is 8.25. The Kier molecular flexibility index (Phi) is 10.9. The normalized spacial score (nSPS) is 15.4. The van der Waals surface area contributed by atoms with E-state index in [1.807, 2.05) is 18.2 Å². The Morgan fingerprint density at radius 3 is 2.66 bits per heavy atom. The van der Waals surface area contributed by atoms with Crippen LogP contribution in [0.4, 0.5) is 0 Å². The minimum atomic E-state index is 0. The van der Waals surface area contributed by atoms with Crippen LogP contribution in [-0.2, 0) is 6.42 Å². The lowest BCUT2D eigenvalue weighted by Gasteiger charge is -2.20. The largest absolute Gasteiger partial charge is 0.356 e. The van der Waals surface area contributed by atoms with Crippen molar-refractivity contribution in [1.82, 2.24) is 30.7 Å². The Hall–Kier alpha value is -1.75. The molecule has 8 nitrogen and oxygen atoms in total. The second-order valence-corrected chi connectivity index (χ2v) is 7.02. The van der Waals surface area contributed by atoms with Crippen LogP contribution in [0.3, 0.4) is 0 Å². The van der Waals surface area contributed by atoms with E-state index in [1.165, 1.54) is 38.8 Å². The quantitative estimate of drug-likeness (QED) is 0.243. The van der Waals surface area contributed by atoms with E-state index in [2.05, 4.69) is 35.7 Å². The minimum absolute atomic E-state index is 0. The summed E-state index contributed by atoms with van der Waals surface area (Å²) >= 11 is 0. The lowest BCUT2D eigenvalue weighted by Crippen LogP contribution is -2.39. The molecule has 1 aliphatic heterocycles. The van der Waals surface area contributed by atoms with Gasteiger partial charge in [-0.3, -0.25) is 9.98 Å². The third-order valence-electron chi connectivity index (χ3n) is 4.86. The molecule has 2 aromatic heterocycles. The van der Waals surface area contributed by atoms with Gasteiger partial charge in [0.25, 0.3) is 5.89 Å². The highest BCUT2D eigenvalue weighted by atomic mass is 127. The highest BCUT2D eigenvalue weighted by Gasteiger charge is 2.10. The Balaban J connectivity index is 0.00000300. The highest BCUT2D eigenvalue weighted by molar-refractivity contribution is 14.0. The topological polar surface area (TPSA) is 91.5 Å². The van der Waals surface area contributed by atoms with Crippen molar-refractivity contribution in [3.8, 4) is 11.6 Å². The number of nitrogens with one attached hydrogen (secondary N) is 2. The summed E-state index contributed by atoms with van der Waals surface area (Å²) in [6.07, 6.45) is 8.95. The summed E-state index contributed by atoms with van der Waals surface area (Å²) < 4.78 is 5.28. The summed E-state index contributed by atoms with van der Waals surface area (Å²) in [4.78, 5) is 15.5. The number of aromatic nitrogens is 3. The molecule has 0 saturated carbocycles. The Labute approximate surface area is 190 Å². The molecule has 0 aliphatic carbocycles. The Morgan fingerprint density at radius 2 is 1.93 bits per heavy atom. The molecule has 3 heterocycles. The molecule has 0 spiro atoms. The van der Waals surface area contributed by atoms with Gasteiger partial charge in [0, 0.05) is 32.8 Å². The lowest BCUT2D eigenvalue weighted by atomic mass is 10.2. The molecule has 2 aromatic rings. The molecule has 1 fully saturated rings. The average Bonchev–Trinajstić information content (AvgIpc) is 3.05. The van der Waals surface area contributed by atoms with Crippen LogP contribution in [0.15, 0.2) is 33.9 Å². The van der Waals surface area contributed by atoms with Crippen LogP contribution in [-0.4, -0.2) is 65.8 Å². The molecular weight excluding hydrogens is 481 g/mol. The van der Waals surface area contributed by atoms with E-state index in [4.69, 9.17) is 4.52 Å². The van der Waals surface area contributed by atoms with Crippen LogP contribution in [0, 0.1) is 0 Å². The summed E-state index contributed by atoms with van der Waals surface area (Å²) in [5.74, 6) is 1.92. The zero-order valence-electron chi connectivity index (χ0n) is 17.1. The number of aliphatic imine (C=N–C) groups is 1. The van der Waals surface area contributed by atoms with Crippen molar-refractivity contribution in [2.24, 2.45) is 4.99 Å². The zero-order chi connectivity index (χ0) is 19.4. The van der Waals surface area contributed by atoms with Crippen molar-refractivity contribution in [3.63, 3.8) is 0 Å². The Morgan fingerprint density at radius 1 is 1.14 bits per heavy atom. The summed E-state index contributed by atoms with van der Waals surface area (Å²) in [6, 6.07) is 5.61. The van der Waals surface area contributed by atoms with Crippen LogP contribution in [0.5, 0.6) is 0 Å². The average molecular weight is 513 g/mol. The fraction of sp³-hybridized carbons (Fsp3) is 0.600. The summed E-state index contributed by atoms with van der Waals surface area (Å²) in [7, 11) is 1.79. The van der Waals surface area contributed by atoms with Crippen LogP contribution in [0.25, 0.3) is 11.6 Å². The molecule has 0 unspecified atom stereocenters. The fourth-order valence-corrected chi connectivity index (χ4v) is 3.33. The van der Waals surface area contributed by atoms with Crippen molar-refractivity contribution in [2.75, 3.05) is 39.8 Å². The highest BCUT2D eigenvalue weighted by Crippen LogP contribution is 2.13. The van der Waals surface area contributed by atoms with Crippen molar-refractivity contribution in [2.45, 2.75) is 38.5 Å². The number of nitrogens with zero attached hydrogens (tertiary/aromatic N) is 5. The summed E-state index contributed by atoms with van der Waals surface area (Å²) in [5, 5.41) is 10.7. The molecule has 160 valence electrons. The lowest BCUT2D eigenvalue weighted by molar-refractivity contribution is 0.282. The molecule has 0 amide bonds. The second-order valence-electron chi connectivity index (χ2n) is 7.02. The van der Waals surface area contributed by atoms with Crippen LogP contribution in [0.2, 0.25) is 0 Å². The number of hydrogen-bond acceptors (Lipinski definition) is 6. The van der Waals surface area contributed by atoms with E-state index < -0.39 is 0 Å². The third-order valence-corrected chi connectivity index (χ3v) is 4.86. The number of guanidine groups is 1. The van der Waals surface area contributed by atoms with E-state index in [-0.39, 0.29) is 24.0 Å². The van der Waals surface area contributed by atoms with Gasteiger partial charge in [-0.05, 0) is 51.0 Å². The van der Waals surface area contributed by atoms with Gasteiger partial charge in [0.1, 0.15) is 5.69 Å². The monoisotopic (exact) mass is 513 g/mol. The van der Waals surface area contributed by atoms with E-state index in [0.29, 0.717) is 30.4 Å². The number of rotatable bonds is 8. The number of hydrogen-bond donors (Lipinski definition) is 2. The molecular formula is C20H32IN7O. The predicted octanol–water partition coefficient (Wildman–Crippen LogP) is 2.72. The molecule has 9 heteroatoms. The molecule has 3 rings (SSSR count). The smallest absolute Gasteiger partial charge is 0.276 e. The van der Waals surface area contributed by atoms with Crippen molar-refractivity contribution >= 4 is 29.9 Å². The van der Waals surface area contributed by atoms with E-state index in [9.17, 15) is 0 Å². The fourth-order valence-electron chi connectivity index (χ4n) is 3.33. The number of halogens is 1. The molecule has 2 N–H and O–H groups in total. The maximum atomic E-state index is 5.28. The molecule has 1 aliphatic rings. The first-order valence-corrected chi connectivity index (χ1v) is 10.3. The number of pyridine rings is 1. The first-order valence-electron chi connectivity index (χ1n) is 10.3. The van der Waals surface area contributed by atoms with Crippen molar-refractivity contribution < 1.29 is 4.52 Å². The summed E-state index contributed by atoms with van der Waals surface area (Å²) in [5.41, 5.74) is 0.691. The zero-order valence-corrected chi connectivity index (χ0v) is 19.5. The first kappa shape index (κ1) is 23.5. The van der Waals surface area contributed by atoms with Crippen LogP contribution >= 0.6 is 24.0 Å². The van der Waals surface area contributed by atoms with Crippen LogP contribution < -0.4 is 10.6 Å². The Bertz CT molecular complexity index is 715. The maximum absolute atomic E-state index is 5.28. The molecule has 0 bridgehead atoms. The predicted molar refractivity (Wildman–Crippen MR) is 126 cm³/mol.